The summed E-state index contributed by atoms with van der Waals surface area (Å²) in [6, 6.07) is 1.04. The Kier molecular flexibility index (Phi) is 3.99. The maximum Gasteiger partial charge on any atom is 0.226 e. The van der Waals surface area contributed by atoms with E-state index >= 15 is 0 Å². The third kappa shape index (κ3) is 3.08. The van der Waals surface area contributed by atoms with Gasteiger partial charge < -0.3 is 10.2 Å². The molecule has 1 aliphatic carbocycles. The van der Waals surface area contributed by atoms with Crippen molar-refractivity contribution in [3.05, 3.63) is 12.7 Å². The van der Waals surface area contributed by atoms with Crippen LogP contribution < -0.4 is 5.32 Å². The molecule has 0 aromatic heterocycles. The van der Waals surface area contributed by atoms with Crippen LogP contribution in [0.1, 0.15) is 38.5 Å². The molecular formula is C13H22N2O. The fourth-order valence-corrected chi connectivity index (χ4v) is 2.40. The van der Waals surface area contributed by atoms with E-state index in [0.717, 1.165) is 13.1 Å². The van der Waals surface area contributed by atoms with Crippen LogP contribution in [0.5, 0.6) is 0 Å². The molecule has 0 bridgehead atoms. The molecular weight excluding hydrogens is 200 g/mol. The average Bonchev–Trinajstić information content (AvgIpc) is 3.11. The molecule has 2 aliphatic rings. The summed E-state index contributed by atoms with van der Waals surface area (Å²) in [7, 11) is 0. The summed E-state index contributed by atoms with van der Waals surface area (Å²) in [5.41, 5.74) is 0. The summed E-state index contributed by atoms with van der Waals surface area (Å²) in [5.74, 6) is 0.255. The van der Waals surface area contributed by atoms with Crippen LogP contribution in [0, 0.1) is 0 Å². The van der Waals surface area contributed by atoms with Gasteiger partial charge in [-0.05, 0) is 32.2 Å². The minimum absolute atomic E-state index is 0.255. The van der Waals surface area contributed by atoms with Crippen LogP contribution in [0.25, 0.3) is 0 Å². The van der Waals surface area contributed by atoms with Gasteiger partial charge in [0.05, 0.1) is 0 Å². The topological polar surface area (TPSA) is 32.3 Å². The molecule has 3 nitrogen and oxygen atoms in total. The summed E-state index contributed by atoms with van der Waals surface area (Å²) in [5, 5.41) is 3.51. The smallest absolute Gasteiger partial charge is 0.226 e. The Labute approximate surface area is 97.9 Å². The SMILES string of the molecule is C=CCC(=O)N(CC1CCCCN1)C1CC1. The number of hydrogen-bond donors (Lipinski definition) is 1. The zero-order chi connectivity index (χ0) is 11.4. The number of rotatable bonds is 5. The fraction of sp³-hybridized carbons (Fsp3) is 0.769. The van der Waals surface area contributed by atoms with Gasteiger partial charge in [0.1, 0.15) is 0 Å². The zero-order valence-corrected chi connectivity index (χ0v) is 9.95. The lowest BCUT2D eigenvalue weighted by molar-refractivity contribution is -0.131. The highest BCUT2D eigenvalue weighted by Gasteiger charge is 2.33. The first-order valence-electron chi connectivity index (χ1n) is 6.45. The van der Waals surface area contributed by atoms with E-state index in [0.29, 0.717) is 18.5 Å². The van der Waals surface area contributed by atoms with Crippen molar-refractivity contribution in [1.29, 1.82) is 0 Å². The molecule has 3 heteroatoms. The van der Waals surface area contributed by atoms with Crippen molar-refractivity contribution in [1.82, 2.24) is 10.2 Å². The molecule has 1 heterocycles. The Balaban J connectivity index is 1.86. The standard InChI is InChI=1S/C13H22N2O/c1-2-5-13(16)15(12-7-8-12)10-11-6-3-4-9-14-11/h2,11-12,14H,1,3-10H2. The monoisotopic (exact) mass is 222 g/mol. The molecule has 1 atom stereocenters. The highest BCUT2D eigenvalue weighted by atomic mass is 16.2. The van der Waals surface area contributed by atoms with Crippen LogP contribution in [0.3, 0.4) is 0 Å². The first kappa shape index (κ1) is 11.6. The minimum Gasteiger partial charge on any atom is -0.338 e. The molecule has 16 heavy (non-hydrogen) atoms. The molecule has 1 saturated carbocycles. The van der Waals surface area contributed by atoms with Crippen LogP contribution in [-0.2, 0) is 4.79 Å². The second kappa shape index (κ2) is 5.48. The summed E-state index contributed by atoms with van der Waals surface area (Å²) in [6.07, 6.45) is 8.37. The van der Waals surface area contributed by atoms with Crippen molar-refractivity contribution >= 4 is 5.91 Å². The van der Waals surface area contributed by atoms with Crippen LogP contribution >= 0.6 is 0 Å². The normalized spacial score (nSPS) is 25.1. The van der Waals surface area contributed by atoms with E-state index in [1.807, 2.05) is 0 Å². The molecule has 1 saturated heterocycles. The number of hydrogen-bond acceptors (Lipinski definition) is 2. The van der Waals surface area contributed by atoms with Crippen molar-refractivity contribution in [3.8, 4) is 0 Å². The molecule has 0 aromatic rings. The second-order valence-electron chi connectivity index (χ2n) is 4.92. The van der Waals surface area contributed by atoms with Gasteiger partial charge in [0, 0.05) is 25.0 Å². The summed E-state index contributed by atoms with van der Waals surface area (Å²) in [6.45, 7) is 5.66. The Morgan fingerprint density at radius 3 is 2.75 bits per heavy atom. The highest BCUT2D eigenvalue weighted by molar-refractivity contribution is 5.78. The molecule has 1 aliphatic heterocycles. The molecule has 1 unspecified atom stereocenters. The molecule has 1 N–H and O–H groups in total. The number of piperidine rings is 1. The van der Waals surface area contributed by atoms with E-state index in [4.69, 9.17) is 0 Å². The number of amides is 1. The van der Waals surface area contributed by atoms with Gasteiger partial charge in [-0.3, -0.25) is 4.79 Å². The number of carbonyl (C=O) groups is 1. The maximum absolute atomic E-state index is 11.9. The number of carbonyl (C=O) groups excluding carboxylic acids is 1. The van der Waals surface area contributed by atoms with E-state index in [9.17, 15) is 4.79 Å². The zero-order valence-electron chi connectivity index (χ0n) is 9.95. The van der Waals surface area contributed by atoms with Crippen molar-refractivity contribution in [2.24, 2.45) is 0 Å². The maximum atomic E-state index is 11.9. The van der Waals surface area contributed by atoms with Gasteiger partial charge in [0.2, 0.25) is 5.91 Å². The summed E-state index contributed by atoms with van der Waals surface area (Å²) >= 11 is 0. The molecule has 2 fully saturated rings. The van der Waals surface area contributed by atoms with Crippen LogP contribution in [0.4, 0.5) is 0 Å². The predicted molar refractivity (Wildman–Crippen MR) is 65.2 cm³/mol. The van der Waals surface area contributed by atoms with Gasteiger partial charge in [-0.1, -0.05) is 12.5 Å². The Hall–Kier alpha value is -0.830. The second-order valence-corrected chi connectivity index (χ2v) is 4.92. The minimum atomic E-state index is 0.255. The predicted octanol–water partition coefficient (Wildman–Crippen LogP) is 1.70. The fourth-order valence-electron chi connectivity index (χ4n) is 2.40. The number of nitrogens with one attached hydrogen (secondary N) is 1. The lowest BCUT2D eigenvalue weighted by Crippen LogP contribution is -2.46. The Morgan fingerprint density at radius 1 is 1.38 bits per heavy atom. The van der Waals surface area contributed by atoms with Gasteiger partial charge in [0.25, 0.3) is 0 Å². The molecule has 90 valence electrons. The van der Waals surface area contributed by atoms with E-state index < -0.39 is 0 Å². The van der Waals surface area contributed by atoms with Gasteiger partial charge in [0.15, 0.2) is 0 Å². The Morgan fingerprint density at radius 2 is 2.19 bits per heavy atom. The number of nitrogens with zero attached hydrogens (tertiary/aromatic N) is 1. The van der Waals surface area contributed by atoms with Crippen LogP contribution in [-0.4, -0.2) is 36.0 Å². The molecule has 0 radical (unpaired) electrons. The van der Waals surface area contributed by atoms with Crippen molar-refractivity contribution in [2.75, 3.05) is 13.1 Å². The summed E-state index contributed by atoms with van der Waals surface area (Å²) in [4.78, 5) is 14.0. The molecule has 0 aromatic carbocycles. The van der Waals surface area contributed by atoms with E-state index in [1.54, 1.807) is 6.08 Å². The lowest BCUT2D eigenvalue weighted by atomic mass is 10.0. The third-order valence-corrected chi connectivity index (χ3v) is 3.46. The molecule has 2 rings (SSSR count). The van der Waals surface area contributed by atoms with E-state index in [1.165, 1.54) is 32.1 Å². The van der Waals surface area contributed by atoms with Crippen molar-refractivity contribution in [3.63, 3.8) is 0 Å². The highest BCUT2D eigenvalue weighted by Crippen LogP contribution is 2.28. The quantitative estimate of drug-likeness (QED) is 0.718. The van der Waals surface area contributed by atoms with E-state index in [-0.39, 0.29) is 5.91 Å². The third-order valence-electron chi connectivity index (χ3n) is 3.46. The Bertz CT molecular complexity index is 255. The van der Waals surface area contributed by atoms with Crippen LogP contribution in [0.2, 0.25) is 0 Å². The summed E-state index contributed by atoms with van der Waals surface area (Å²) < 4.78 is 0. The molecule has 0 spiro atoms. The van der Waals surface area contributed by atoms with Gasteiger partial charge in [-0.25, -0.2) is 0 Å². The first-order valence-corrected chi connectivity index (χ1v) is 6.45. The van der Waals surface area contributed by atoms with Crippen LogP contribution in [0.15, 0.2) is 12.7 Å². The molecule has 1 amide bonds. The van der Waals surface area contributed by atoms with Gasteiger partial charge in [-0.2, -0.15) is 0 Å². The average molecular weight is 222 g/mol. The lowest BCUT2D eigenvalue weighted by Gasteiger charge is -2.30. The van der Waals surface area contributed by atoms with Gasteiger partial charge in [-0.15, -0.1) is 6.58 Å². The van der Waals surface area contributed by atoms with Gasteiger partial charge >= 0.3 is 0 Å². The largest absolute Gasteiger partial charge is 0.338 e. The van der Waals surface area contributed by atoms with E-state index in [2.05, 4.69) is 16.8 Å². The van der Waals surface area contributed by atoms with Crippen molar-refractivity contribution < 1.29 is 4.79 Å². The van der Waals surface area contributed by atoms with Crippen molar-refractivity contribution in [2.45, 2.75) is 50.6 Å². The first-order chi connectivity index (χ1) is 7.81.